The molecule has 0 aliphatic heterocycles. The second-order valence-electron chi connectivity index (χ2n) is 6.52. The summed E-state index contributed by atoms with van der Waals surface area (Å²) in [5.41, 5.74) is 2.57. The zero-order valence-corrected chi connectivity index (χ0v) is 16.4. The summed E-state index contributed by atoms with van der Waals surface area (Å²) in [5, 5.41) is 2.75. The van der Waals surface area contributed by atoms with Crippen molar-refractivity contribution in [3.8, 4) is 11.4 Å². The van der Waals surface area contributed by atoms with E-state index in [9.17, 15) is 18.0 Å². The Balaban J connectivity index is 1.85. The van der Waals surface area contributed by atoms with Crippen LogP contribution in [0.25, 0.3) is 11.4 Å². The van der Waals surface area contributed by atoms with Crippen molar-refractivity contribution < 1.29 is 13.2 Å². The van der Waals surface area contributed by atoms with Gasteiger partial charge in [-0.25, -0.2) is 13.4 Å². The molecule has 2 N–H and O–H groups in total. The summed E-state index contributed by atoms with van der Waals surface area (Å²) in [4.78, 5) is 31.2. The van der Waals surface area contributed by atoms with Gasteiger partial charge in [0, 0.05) is 34.8 Å². The van der Waals surface area contributed by atoms with Crippen LogP contribution in [0.3, 0.4) is 0 Å². The minimum absolute atomic E-state index is 0.0908. The van der Waals surface area contributed by atoms with Gasteiger partial charge in [0.1, 0.15) is 5.82 Å². The number of nitrogens with one attached hydrogen (secondary N) is 2. The molecule has 0 unspecified atom stereocenters. The van der Waals surface area contributed by atoms with E-state index in [0.717, 1.165) is 6.26 Å². The van der Waals surface area contributed by atoms with Crippen molar-refractivity contribution in [2.45, 2.75) is 18.7 Å². The van der Waals surface area contributed by atoms with Gasteiger partial charge in [-0.2, -0.15) is 0 Å². The quantitative estimate of drug-likeness (QED) is 0.704. The van der Waals surface area contributed by atoms with E-state index in [1.165, 1.54) is 18.2 Å². The lowest BCUT2D eigenvalue weighted by Gasteiger charge is -2.10. The van der Waals surface area contributed by atoms with Crippen molar-refractivity contribution >= 4 is 21.4 Å². The standard InChI is InChI=1S/C20H19N3O4S/c1-12-4-9-16(28(3,26)27)11-17(12)20(25)22-15-7-5-14(6-8-15)19-21-13(2)10-18(24)23-19/h4-11H,1-3H3,(H,22,25)(H,21,23,24). The lowest BCUT2D eigenvalue weighted by molar-refractivity contribution is 0.102. The number of amides is 1. The van der Waals surface area contributed by atoms with Crippen LogP contribution in [0.15, 0.2) is 58.2 Å². The number of anilines is 1. The number of benzene rings is 2. The fourth-order valence-electron chi connectivity index (χ4n) is 2.70. The van der Waals surface area contributed by atoms with Gasteiger partial charge in [-0.1, -0.05) is 6.07 Å². The Hall–Kier alpha value is -3.26. The van der Waals surface area contributed by atoms with Crippen molar-refractivity contribution in [2.24, 2.45) is 0 Å². The van der Waals surface area contributed by atoms with Crippen LogP contribution in [0, 0.1) is 13.8 Å². The Morgan fingerprint density at radius 3 is 2.32 bits per heavy atom. The molecule has 0 atom stereocenters. The van der Waals surface area contributed by atoms with E-state index in [0.29, 0.717) is 28.3 Å². The van der Waals surface area contributed by atoms with Crippen LogP contribution in [0.2, 0.25) is 0 Å². The van der Waals surface area contributed by atoms with Gasteiger partial charge in [0.05, 0.1) is 4.90 Å². The average Bonchev–Trinajstić information content (AvgIpc) is 2.60. The third kappa shape index (κ3) is 4.34. The smallest absolute Gasteiger partial charge is 0.255 e. The van der Waals surface area contributed by atoms with Crippen LogP contribution in [0.4, 0.5) is 5.69 Å². The number of nitrogens with zero attached hydrogens (tertiary/aromatic N) is 1. The van der Waals surface area contributed by atoms with Gasteiger partial charge in [0.2, 0.25) is 0 Å². The molecule has 7 nitrogen and oxygen atoms in total. The number of aryl methyl sites for hydroxylation is 2. The predicted octanol–water partition coefficient (Wildman–Crippen LogP) is 2.71. The van der Waals surface area contributed by atoms with Crippen molar-refractivity contribution in [1.82, 2.24) is 9.97 Å². The van der Waals surface area contributed by atoms with Crippen LogP contribution in [-0.4, -0.2) is 30.5 Å². The van der Waals surface area contributed by atoms with E-state index in [1.54, 1.807) is 44.2 Å². The van der Waals surface area contributed by atoms with Crippen LogP contribution in [-0.2, 0) is 9.84 Å². The largest absolute Gasteiger partial charge is 0.322 e. The Bertz CT molecular complexity index is 1210. The van der Waals surface area contributed by atoms with Crippen LogP contribution in [0.1, 0.15) is 21.6 Å². The van der Waals surface area contributed by atoms with Crippen molar-refractivity contribution in [3.63, 3.8) is 0 Å². The number of carbonyl (C=O) groups excluding carboxylic acids is 1. The maximum Gasteiger partial charge on any atom is 0.255 e. The van der Waals surface area contributed by atoms with Crippen LogP contribution < -0.4 is 10.9 Å². The minimum atomic E-state index is -3.41. The van der Waals surface area contributed by atoms with Gasteiger partial charge in [0.25, 0.3) is 11.5 Å². The van der Waals surface area contributed by atoms with Gasteiger partial charge in [0.15, 0.2) is 9.84 Å². The summed E-state index contributed by atoms with van der Waals surface area (Å²) in [6.45, 7) is 3.48. The molecular weight excluding hydrogens is 378 g/mol. The van der Waals surface area contributed by atoms with E-state index >= 15 is 0 Å². The summed E-state index contributed by atoms with van der Waals surface area (Å²) in [6, 6.07) is 12.7. The zero-order valence-electron chi connectivity index (χ0n) is 15.6. The number of hydrogen-bond acceptors (Lipinski definition) is 5. The van der Waals surface area contributed by atoms with Gasteiger partial charge in [-0.15, -0.1) is 0 Å². The molecular formula is C20H19N3O4S. The first-order valence-corrected chi connectivity index (χ1v) is 10.3. The number of sulfone groups is 1. The SMILES string of the molecule is Cc1cc(=O)[nH]c(-c2ccc(NC(=O)c3cc(S(C)(=O)=O)ccc3C)cc2)n1. The lowest BCUT2D eigenvalue weighted by Crippen LogP contribution is -2.14. The number of aromatic nitrogens is 2. The van der Waals surface area contributed by atoms with Crippen molar-refractivity contribution in [3.05, 3.63) is 75.7 Å². The first-order valence-electron chi connectivity index (χ1n) is 8.44. The molecule has 0 fully saturated rings. The van der Waals surface area contributed by atoms with Crippen molar-refractivity contribution in [2.75, 3.05) is 11.6 Å². The van der Waals surface area contributed by atoms with Gasteiger partial charge < -0.3 is 10.3 Å². The molecule has 0 radical (unpaired) electrons. The topological polar surface area (TPSA) is 109 Å². The highest BCUT2D eigenvalue weighted by Gasteiger charge is 2.15. The third-order valence-corrected chi connectivity index (χ3v) is 5.28. The lowest BCUT2D eigenvalue weighted by atomic mass is 10.1. The molecule has 144 valence electrons. The molecule has 1 aromatic heterocycles. The Morgan fingerprint density at radius 2 is 1.71 bits per heavy atom. The number of carbonyl (C=O) groups is 1. The molecule has 0 aliphatic rings. The summed E-state index contributed by atoms with van der Waals surface area (Å²) in [6.07, 6.45) is 1.10. The van der Waals surface area contributed by atoms with E-state index in [4.69, 9.17) is 0 Å². The van der Waals surface area contributed by atoms with E-state index < -0.39 is 15.7 Å². The van der Waals surface area contributed by atoms with Gasteiger partial charge in [-0.05, 0) is 55.8 Å². The highest BCUT2D eigenvalue weighted by Crippen LogP contribution is 2.20. The number of rotatable bonds is 4. The first-order chi connectivity index (χ1) is 13.1. The monoisotopic (exact) mass is 397 g/mol. The molecule has 0 saturated heterocycles. The molecule has 1 heterocycles. The molecule has 3 aromatic rings. The molecule has 3 rings (SSSR count). The molecule has 0 bridgehead atoms. The summed E-state index contributed by atoms with van der Waals surface area (Å²) < 4.78 is 23.5. The highest BCUT2D eigenvalue weighted by atomic mass is 32.2. The van der Waals surface area contributed by atoms with Crippen LogP contribution >= 0.6 is 0 Å². The van der Waals surface area contributed by atoms with E-state index in [1.807, 2.05) is 0 Å². The maximum atomic E-state index is 12.6. The second-order valence-corrected chi connectivity index (χ2v) is 8.53. The molecule has 0 spiro atoms. The van der Waals surface area contributed by atoms with Crippen molar-refractivity contribution in [1.29, 1.82) is 0 Å². The second kappa shape index (κ2) is 7.40. The number of hydrogen-bond donors (Lipinski definition) is 2. The fourth-order valence-corrected chi connectivity index (χ4v) is 3.35. The molecule has 0 aliphatic carbocycles. The fraction of sp³-hybridized carbons (Fsp3) is 0.150. The summed E-state index contributed by atoms with van der Waals surface area (Å²) >= 11 is 0. The maximum absolute atomic E-state index is 12.6. The van der Waals surface area contributed by atoms with Gasteiger partial charge in [-0.3, -0.25) is 9.59 Å². The highest BCUT2D eigenvalue weighted by molar-refractivity contribution is 7.90. The minimum Gasteiger partial charge on any atom is -0.322 e. The molecule has 2 aromatic carbocycles. The summed E-state index contributed by atoms with van der Waals surface area (Å²) in [7, 11) is -3.41. The Labute approximate surface area is 162 Å². The predicted molar refractivity (Wildman–Crippen MR) is 107 cm³/mol. The van der Waals surface area contributed by atoms with Gasteiger partial charge >= 0.3 is 0 Å². The molecule has 8 heteroatoms. The number of H-pyrrole nitrogens is 1. The Morgan fingerprint density at radius 1 is 1.04 bits per heavy atom. The normalized spacial score (nSPS) is 11.2. The van der Waals surface area contributed by atoms with E-state index in [-0.39, 0.29) is 16.0 Å². The number of aromatic amines is 1. The molecule has 1 amide bonds. The first kappa shape index (κ1) is 19.5. The molecule has 28 heavy (non-hydrogen) atoms. The average molecular weight is 397 g/mol. The van der Waals surface area contributed by atoms with Crippen LogP contribution in [0.5, 0.6) is 0 Å². The third-order valence-electron chi connectivity index (χ3n) is 4.17. The molecule has 0 saturated carbocycles. The summed E-state index contributed by atoms with van der Waals surface area (Å²) in [5.74, 6) is 0.0393. The Kier molecular flexibility index (Phi) is 5.15. The van der Waals surface area contributed by atoms with E-state index in [2.05, 4.69) is 15.3 Å². The zero-order chi connectivity index (χ0) is 20.5.